The summed E-state index contributed by atoms with van der Waals surface area (Å²) in [4.78, 5) is 10.6. The van der Waals surface area contributed by atoms with Crippen LogP contribution in [0.4, 0.5) is 5.69 Å². The van der Waals surface area contributed by atoms with Gasteiger partial charge in [-0.3, -0.25) is 0 Å². The molecule has 1 saturated carbocycles. The quantitative estimate of drug-likeness (QED) is 0.456. The van der Waals surface area contributed by atoms with E-state index in [1.54, 1.807) is 18.2 Å². The van der Waals surface area contributed by atoms with Gasteiger partial charge in [-0.2, -0.15) is 0 Å². The Bertz CT molecular complexity index is 664. The monoisotopic (exact) mass is 403 g/mol. The summed E-state index contributed by atoms with van der Waals surface area (Å²) >= 11 is -2.52. The molecule has 5 atom stereocenters. The molecule has 1 heterocycles. The maximum atomic E-state index is 12.6. The number of aliphatic hydroxyl groups excluding tert-OH is 1. The summed E-state index contributed by atoms with van der Waals surface area (Å²) in [5.41, 5.74) is -0.0802. The number of ether oxygens (including phenoxy) is 2. The van der Waals surface area contributed by atoms with Crippen LogP contribution >= 0.6 is 0 Å². The Balaban J connectivity index is 1.66. The van der Waals surface area contributed by atoms with Crippen LogP contribution in [0.5, 0.6) is 0 Å². The normalized spacial score (nSPS) is 32.5. The van der Waals surface area contributed by atoms with E-state index in [1.165, 1.54) is 6.07 Å². The molecule has 1 N–H and O–H groups in total. The summed E-state index contributed by atoms with van der Waals surface area (Å²) < 4.78 is 24.5. The molecule has 0 spiro atoms. The van der Waals surface area contributed by atoms with Gasteiger partial charge in [0.25, 0.3) is 0 Å². The summed E-state index contributed by atoms with van der Waals surface area (Å²) in [6.07, 6.45) is -0.00217. The van der Waals surface area contributed by atoms with E-state index in [0.29, 0.717) is 22.6 Å². The molecule has 132 valence electrons. The Hall–Kier alpha value is -1.18. The molecule has 1 aliphatic carbocycles. The number of hydrogen-bond donors (Lipinski definition) is 1. The third-order valence-corrected chi connectivity index (χ3v) is 7.56. The molecule has 0 amide bonds. The zero-order chi connectivity index (χ0) is 17.5. The van der Waals surface area contributed by atoms with Crippen LogP contribution in [0.1, 0.15) is 26.7 Å². The molecule has 2 aliphatic rings. The topological polar surface area (TPSA) is 98.9 Å². The number of hydrogen-bond acceptors (Lipinski definition) is 6. The van der Waals surface area contributed by atoms with Crippen molar-refractivity contribution in [1.82, 2.24) is 0 Å². The third kappa shape index (κ3) is 3.43. The minimum absolute atomic E-state index is 0.0507. The van der Waals surface area contributed by atoms with Crippen molar-refractivity contribution in [2.75, 3.05) is 0 Å². The summed E-state index contributed by atoms with van der Waals surface area (Å²) in [7, 11) is 0. The zero-order valence-corrected chi connectivity index (χ0v) is 15.3. The van der Waals surface area contributed by atoms with Gasteiger partial charge in [0.2, 0.25) is 0 Å². The second-order valence-electron chi connectivity index (χ2n) is 6.69. The Morgan fingerprint density at radius 3 is 2.71 bits per heavy atom. The number of nitro benzene ring substituents is 1. The van der Waals surface area contributed by atoms with Gasteiger partial charge in [-0.1, -0.05) is 0 Å². The van der Waals surface area contributed by atoms with Crippen molar-refractivity contribution in [2.45, 2.75) is 56.1 Å². The first-order valence-corrected chi connectivity index (χ1v) is 10.7. The summed E-state index contributed by atoms with van der Waals surface area (Å²) in [5.74, 6) is -0.671. The number of aliphatic hydroxyl groups is 1. The summed E-state index contributed by atoms with van der Waals surface area (Å²) in [6.45, 7) is 3.62. The van der Waals surface area contributed by atoms with Crippen molar-refractivity contribution in [3.63, 3.8) is 0 Å². The third-order valence-electron chi connectivity index (χ3n) is 4.53. The average Bonchev–Trinajstić information content (AvgIpc) is 2.99. The molecule has 7 nitrogen and oxygen atoms in total. The van der Waals surface area contributed by atoms with E-state index in [4.69, 9.17) is 9.47 Å². The molecule has 1 aromatic carbocycles. The Kier molecular flexibility index (Phi) is 4.86. The van der Waals surface area contributed by atoms with Crippen molar-refractivity contribution in [3.05, 3.63) is 34.4 Å². The fourth-order valence-electron chi connectivity index (χ4n) is 3.51. The van der Waals surface area contributed by atoms with Crippen molar-refractivity contribution in [3.8, 4) is 0 Å². The van der Waals surface area contributed by atoms with Gasteiger partial charge in [-0.25, -0.2) is 0 Å². The average molecular weight is 402 g/mol. The summed E-state index contributed by atoms with van der Waals surface area (Å²) in [6, 6.07) is 6.20. The van der Waals surface area contributed by atoms with Crippen molar-refractivity contribution in [1.29, 1.82) is 0 Å². The van der Waals surface area contributed by atoms with Crippen LogP contribution in [-0.2, 0) is 13.3 Å². The van der Waals surface area contributed by atoms with E-state index in [9.17, 15) is 19.1 Å². The fourth-order valence-corrected chi connectivity index (χ4v) is 6.33. The predicted octanol–water partition coefficient (Wildman–Crippen LogP) is 1.51. The molecule has 0 bridgehead atoms. The van der Waals surface area contributed by atoms with Crippen molar-refractivity contribution < 1.29 is 23.3 Å². The van der Waals surface area contributed by atoms with Crippen LogP contribution < -0.4 is 4.46 Å². The van der Waals surface area contributed by atoms with Crippen molar-refractivity contribution >= 4 is 24.0 Å². The fraction of sp³-hybridized carbons (Fsp3) is 0.625. The molecular formula is C16H21NO6Se. The molecule has 2 fully saturated rings. The first-order chi connectivity index (χ1) is 11.3. The molecule has 3 rings (SSSR count). The van der Waals surface area contributed by atoms with Gasteiger partial charge >= 0.3 is 144 Å². The van der Waals surface area contributed by atoms with Gasteiger partial charge in [-0.05, 0) is 0 Å². The molecule has 1 saturated heterocycles. The van der Waals surface area contributed by atoms with Crippen molar-refractivity contribution in [2.24, 2.45) is 5.92 Å². The van der Waals surface area contributed by atoms with Crippen LogP contribution in [0.25, 0.3) is 0 Å². The van der Waals surface area contributed by atoms with Crippen LogP contribution in [-0.4, -0.2) is 48.0 Å². The van der Waals surface area contributed by atoms with E-state index in [-0.39, 0.29) is 23.8 Å². The van der Waals surface area contributed by atoms with Crippen LogP contribution in [0.15, 0.2) is 24.3 Å². The van der Waals surface area contributed by atoms with Gasteiger partial charge in [-0.15, -0.1) is 0 Å². The van der Waals surface area contributed by atoms with Gasteiger partial charge < -0.3 is 0 Å². The van der Waals surface area contributed by atoms with Crippen LogP contribution in [0, 0.1) is 16.0 Å². The molecule has 1 aliphatic heterocycles. The second kappa shape index (κ2) is 6.61. The number of nitro groups is 1. The molecule has 24 heavy (non-hydrogen) atoms. The van der Waals surface area contributed by atoms with Gasteiger partial charge in [0.1, 0.15) is 0 Å². The van der Waals surface area contributed by atoms with Gasteiger partial charge in [0.05, 0.1) is 0 Å². The number of rotatable bonds is 5. The first kappa shape index (κ1) is 17.6. The molecule has 8 heteroatoms. The Labute approximate surface area is 144 Å². The number of para-hydroxylation sites is 1. The molecule has 1 aromatic rings. The molecule has 1 unspecified atom stereocenters. The van der Waals surface area contributed by atoms with Crippen LogP contribution in [0.3, 0.4) is 0 Å². The van der Waals surface area contributed by atoms with E-state index in [1.807, 2.05) is 13.8 Å². The minimum atomic E-state index is -2.52. The number of fused-ring (bicyclic) bond motifs is 1. The number of nitrogens with zero attached hydrogens (tertiary/aromatic N) is 1. The van der Waals surface area contributed by atoms with Gasteiger partial charge in [0.15, 0.2) is 0 Å². The second-order valence-corrected chi connectivity index (χ2v) is 9.92. The summed E-state index contributed by atoms with van der Waals surface area (Å²) in [5, 5.41) is 21.6. The zero-order valence-electron chi connectivity index (χ0n) is 13.6. The van der Waals surface area contributed by atoms with E-state index in [0.717, 1.165) is 0 Å². The SMILES string of the molecule is CC1(C)O[C@H]2[C@@H](CC[Se](=O)c3ccccc3[N+](=O)[O-])C[C@H](O)[C@H]2O1. The molecule has 0 aromatic heterocycles. The van der Waals surface area contributed by atoms with Gasteiger partial charge in [0, 0.05) is 0 Å². The Morgan fingerprint density at radius 2 is 2.00 bits per heavy atom. The van der Waals surface area contributed by atoms with E-state index < -0.39 is 30.6 Å². The van der Waals surface area contributed by atoms with E-state index in [2.05, 4.69) is 0 Å². The van der Waals surface area contributed by atoms with E-state index >= 15 is 0 Å². The van der Waals surface area contributed by atoms with Crippen LogP contribution in [0.2, 0.25) is 5.32 Å². The Morgan fingerprint density at radius 1 is 1.33 bits per heavy atom. The number of benzene rings is 1. The standard InChI is InChI=1S/C16H21NO6Se/c1-16(2)22-14-10(9-12(18)15(14)23-16)7-8-24(21)13-6-4-3-5-11(13)17(19)20/h3-6,10,12,14-15,18H,7-9H2,1-2H3/t10-,12-,14-,15+,24?/m0/s1. The maximum absolute atomic E-state index is 12.6. The molecular weight excluding hydrogens is 381 g/mol. The molecule has 0 radical (unpaired) electrons. The first-order valence-electron chi connectivity index (χ1n) is 7.94. The predicted molar refractivity (Wildman–Crippen MR) is 86.5 cm³/mol.